The number of nitrogens with two attached hydrogens (primary N) is 1. The molecule has 0 aromatic heterocycles. The van der Waals surface area contributed by atoms with E-state index in [1.165, 1.54) is 0 Å². The molecule has 0 saturated heterocycles. The van der Waals surface area contributed by atoms with Crippen molar-refractivity contribution >= 4 is 11.9 Å². The van der Waals surface area contributed by atoms with Gasteiger partial charge in [-0.05, 0) is 43.5 Å². The Morgan fingerprint density at radius 1 is 1.26 bits per heavy atom. The number of carboxylic acid groups (broad SMARTS) is 1. The third-order valence-corrected chi connectivity index (χ3v) is 2.73. The van der Waals surface area contributed by atoms with Crippen molar-refractivity contribution in [3.05, 3.63) is 35.4 Å². The van der Waals surface area contributed by atoms with Gasteiger partial charge in [0.15, 0.2) is 0 Å². The smallest absolute Gasteiger partial charge is 0.303 e. The van der Waals surface area contributed by atoms with Gasteiger partial charge in [-0.25, -0.2) is 0 Å². The number of carbonyl (C=O) groups excluding carboxylic acids is 1. The van der Waals surface area contributed by atoms with Crippen LogP contribution in [0.3, 0.4) is 0 Å². The van der Waals surface area contributed by atoms with Crippen LogP contribution in [0.15, 0.2) is 24.3 Å². The lowest BCUT2D eigenvalue weighted by molar-refractivity contribution is -0.137. The highest BCUT2D eigenvalue weighted by molar-refractivity contribution is 5.94. The number of hydrogen-bond donors (Lipinski definition) is 3. The van der Waals surface area contributed by atoms with E-state index in [4.69, 9.17) is 10.8 Å². The van der Waals surface area contributed by atoms with Crippen LogP contribution in [0.4, 0.5) is 0 Å². The second-order valence-corrected chi connectivity index (χ2v) is 4.35. The molecule has 104 valence electrons. The van der Waals surface area contributed by atoms with E-state index in [-0.39, 0.29) is 12.3 Å². The molecule has 0 atom stereocenters. The lowest BCUT2D eigenvalue weighted by Crippen LogP contribution is -2.24. The van der Waals surface area contributed by atoms with Crippen molar-refractivity contribution in [1.29, 1.82) is 0 Å². The number of amides is 1. The standard InChI is InChI=1S/C14H20N2O3/c15-8-7-11-4-3-5-12(10-11)14(19)16-9-2-1-6-13(17)18/h3-5,10H,1-2,6-9,15H2,(H,16,19)(H,17,18). The van der Waals surface area contributed by atoms with Crippen molar-refractivity contribution in [2.45, 2.75) is 25.7 Å². The molecular formula is C14H20N2O3. The van der Waals surface area contributed by atoms with Gasteiger partial charge in [0, 0.05) is 18.5 Å². The normalized spacial score (nSPS) is 10.2. The highest BCUT2D eigenvalue weighted by atomic mass is 16.4. The summed E-state index contributed by atoms with van der Waals surface area (Å²) in [5.74, 6) is -0.935. The second-order valence-electron chi connectivity index (χ2n) is 4.35. The van der Waals surface area contributed by atoms with E-state index < -0.39 is 5.97 Å². The number of benzene rings is 1. The van der Waals surface area contributed by atoms with E-state index in [1.807, 2.05) is 18.2 Å². The molecule has 1 rings (SSSR count). The first-order valence-corrected chi connectivity index (χ1v) is 6.42. The first kappa shape index (κ1) is 15.2. The maximum absolute atomic E-state index is 11.8. The van der Waals surface area contributed by atoms with Crippen molar-refractivity contribution in [1.82, 2.24) is 5.32 Å². The summed E-state index contributed by atoms with van der Waals surface area (Å²) >= 11 is 0. The zero-order valence-electron chi connectivity index (χ0n) is 10.9. The van der Waals surface area contributed by atoms with Crippen molar-refractivity contribution in [3.63, 3.8) is 0 Å². The molecular weight excluding hydrogens is 244 g/mol. The lowest BCUT2D eigenvalue weighted by Gasteiger charge is -2.06. The van der Waals surface area contributed by atoms with Crippen LogP contribution in [0.2, 0.25) is 0 Å². The quantitative estimate of drug-likeness (QED) is 0.615. The number of rotatable bonds is 8. The fourth-order valence-electron chi connectivity index (χ4n) is 1.74. The van der Waals surface area contributed by atoms with Gasteiger partial charge in [0.2, 0.25) is 0 Å². The summed E-state index contributed by atoms with van der Waals surface area (Å²) in [5.41, 5.74) is 7.13. The molecule has 5 heteroatoms. The van der Waals surface area contributed by atoms with Crippen molar-refractivity contribution < 1.29 is 14.7 Å². The third kappa shape index (κ3) is 6.01. The number of carbonyl (C=O) groups is 2. The van der Waals surface area contributed by atoms with Gasteiger partial charge >= 0.3 is 5.97 Å². The van der Waals surface area contributed by atoms with Gasteiger partial charge in [0.1, 0.15) is 0 Å². The monoisotopic (exact) mass is 264 g/mol. The first-order valence-electron chi connectivity index (χ1n) is 6.42. The summed E-state index contributed by atoms with van der Waals surface area (Å²) in [4.78, 5) is 22.2. The fourth-order valence-corrected chi connectivity index (χ4v) is 1.74. The number of nitrogens with one attached hydrogen (secondary N) is 1. The Morgan fingerprint density at radius 3 is 2.74 bits per heavy atom. The number of unbranched alkanes of at least 4 members (excludes halogenated alkanes) is 1. The minimum atomic E-state index is -0.805. The maximum atomic E-state index is 11.8. The Labute approximate surface area is 112 Å². The van der Waals surface area contributed by atoms with Gasteiger partial charge in [-0.1, -0.05) is 12.1 Å². The SMILES string of the molecule is NCCc1cccc(C(=O)NCCCCC(=O)O)c1. The van der Waals surface area contributed by atoms with Gasteiger partial charge in [-0.3, -0.25) is 9.59 Å². The van der Waals surface area contributed by atoms with Crippen LogP contribution in [0.25, 0.3) is 0 Å². The number of hydrogen-bond acceptors (Lipinski definition) is 3. The fraction of sp³-hybridized carbons (Fsp3) is 0.429. The predicted octanol–water partition coefficient (Wildman–Crippen LogP) is 1.17. The Hall–Kier alpha value is -1.88. The molecule has 0 bridgehead atoms. The largest absolute Gasteiger partial charge is 0.481 e. The van der Waals surface area contributed by atoms with Gasteiger partial charge in [0.05, 0.1) is 0 Å². The van der Waals surface area contributed by atoms with Crippen LogP contribution in [-0.4, -0.2) is 30.1 Å². The van der Waals surface area contributed by atoms with Crippen molar-refractivity contribution in [2.24, 2.45) is 5.73 Å². The van der Waals surface area contributed by atoms with Gasteiger partial charge in [0.25, 0.3) is 5.91 Å². The molecule has 0 fully saturated rings. The molecule has 0 aliphatic heterocycles. The summed E-state index contributed by atoms with van der Waals surface area (Å²) < 4.78 is 0. The molecule has 5 nitrogen and oxygen atoms in total. The summed E-state index contributed by atoms with van der Waals surface area (Å²) in [5, 5.41) is 11.3. The predicted molar refractivity (Wildman–Crippen MR) is 73.0 cm³/mol. The topological polar surface area (TPSA) is 92.4 Å². The van der Waals surface area contributed by atoms with E-state index >= 15 is 0 Å². The second kappa shape index (κ2) is 8.26. The molecule has 0 unspecified atom stereocenters. The van der Waals surface area contributed by atoms with E-state index in [0.29, 0.717) is 31.5 Å². The summed E-state index contributed by atoms with van der Waals surface area (Å²) in [7, 11) is 0. The van der Waals surface area contributed by atoms with Crippen LogP contribution in [-0.2, 0) is 11.2 Å². The van der Waals surface area contributed by atoms with Crippen LogP contribution in [0.1, 0.15) is 35.2 Å². The van der Waals surface area contributed by atoms with E-state index in [1.54, 1.807) is 6.07 Å². The zero-order valence-corrected chi connectivity index (χ0v) is 10.9. The third-order valence-electron chi connectivity index (χ3n) is 2.73. The summed E-state index contributed by atoms with van der Waals surface area (Å²) in [6.45, 7) is 1.05. The van der Waals surface area contributed by atoms with Gasteiger partial charge < -0.3 is 16.2 Å². The highest BCUT2D eigenvalue weighted by Gasteiger charge is 2.05. The Kier molecular flexibility index (Phi) is 6.60. The minimum absolute atomic E-state index is 0.130. The van der Waals surface area contributed by atoms with Crippen LogP contribution < -0.4 is 11.1 Å². The summed E-state index contributed by atoms with van der Waals surface area (Å²) in [6, 6.07) is 7.37. The molecule has 1 aromatic carbocycles. The molecule has 0 radical (unpaired) electrons. The Bertz CT molecular complexity index is 432. The molecule has 0 saturated carbocycles. The molecule has 0 aliphatic rings. The molecule has 0 spiro atoms. The Balaban J connectivity index is 2.36. The minimum Gasteiger partial charge on any atom is -0.481 e. The molecule has 4 N–H and O–H groups in total. The molecule has 0 aliphatic carbocycles. The van der Waals surface area contributed by atoms with E-state index in [0.717, 1.165) is 12.0 Å². The average molecular weight is 264 g/mol. The van der Waals surface area contributed by atoms with Crippen LogP contribution in [0, 0.1) is 0 Å². The zero-order chi connectivity index (χ0) is 14.1. The number of carboxylic acids is 1. The van der Waals surface area contributed by atoms with Crippen LogP contribution >= 0.6 is 0 Å². The molecule has 19 heavy (non-hydrogen) atoms. The van der Waals surface area contributed by atoms with E-state index in [9.17, 15) is 9.59 Å². The van der Waals surface area contributed by atoms with Gasteiger partial charge in [-0.15, -0.1) is 0 Å². The first-order chi connectivity index (χ1) is 9.13. The Morgan fingerprint density at radius 2 is 2.05 bits per heavy atom. The van der Waals surface area contributed by atoms with Crippen molar-refractivity contribution in [2.75, 3.05) is 13.1 Å². The molecule has 1 aromatic rings. The highest BCUT2D eigenvalue weighted by Crippen LogP contribution is 2.05. The lowest BCUT2D eigenvalue weighted by atomic mass is 10.1. The maximum Gasteiger partial charge on any atom is 0.303 e. The number of aliphatic carboxylic acids is 1. The van der Waals surface area contributed by atoms with E-state index in [2.05, 4.69) is 5.32 Å². The molecule has 1 amide bonds. The average Bonchev–Trinajstić information content (AvgIpc) is 2.38. The van der Waals surface area contributed by atoms with Gasteiger partial charge in [-0.2, -0.15) is 0 Å². The molecule has 0 heterocycles. The summed E-state index contributed by atoms with van der Waals surface area (Å²) in [6.07, 6.45) is 2.13. The van der Waals surface area contributed by atoms with Crippen LogP contribution in [0.5, 0.6) is 0 Å². The van der Waals surface area contributed by atoms with Crippen molar-refractivity contribution in [3.8, 4) is 0 Å².